The summed E-state index contributed by atoms with van der Waals surface area (Å²) in [6.07, 6.45) is 5.40. The van der Waals surface area contributed by atoms with E-state index in [0.29, 0.717) is 22.9 Å². The molecule has 166 valence electrons. The summed E-state index contributed by atoms with van der Waals surface area (Å²) in [5.74, 6) is 1.86. The van der Waals surface area contributed by atoms with E-state index in [9.17, 15) is 4.79 Å². The second-order valence-electron chi connectivity index (χ2n) is 8.63. The zero-order valence-electron chi connectivity index (χ0n) is 19.1. The number of aryl methyl sites for hydroxylation is 1. The standard InChI is InChI=1S/C26H26N6O/c1-16(2)20-7-5-6-8-21(20)23-28-15-22-25(30-23)32(26(33)29-22)17(3)18-9-11-19(12-10-18)24-27-13-14-31(24)4/h5-17H,1-4H3,(H,29,33)/t17-/m1/s1. The Balaban J connectivity index is 1.57. The van der Waals surface area contributed by atoms with Gasteiger partial charge in [0, 0.05) is 30.6 Å². The molecular formula is C26H26N6O. The summed E-state index contributed by atoms with van der Waals surface area (Å²) in [6, 6.07) is 16.1. The fraction of sp³-hybridized carbons (Fsp3) is 0.231. The van der Waals surface area contributed by atoms with Crippen LogP contribution in [0.5, 0.6) is 0 Å². The summed E-state index contributed by atoms with van der Waals surface area (Å²) in [4.78, 5) is 29.6. The Morgan fingerprint density at radius 3 is 2.42 bits per heavy atom. The maximum atomic E-state index is 12.9. The molecule has 1 N–H and O–H groups in total. The van der Waals surface area contributed by atoms with Gasteiger partial charge >= 0.3 is 5.69 Å². The lowest BCUT2D eigenvalue weighted by Gasteiger charge is -2.15. The van der Waals surface area contributed by atoms with Gasteiger partial charge in [-0.15, -0.1) is 0 Å². The van der Waals surface area contributed by atoms with Crippen molar-refractivity contribution in [3.63, 3.8) is 0 Å². The van der Waals surface area contributed by atoms with Gasteiger partial charge in [0.2, 0.25) is 0 Å². The number of benzene rings is 2. The minimum absolute atomic E-state index is 0.200. The van der Waals surface area contributed by atoms with Crippen LogP contribution in [-0.4, -0.2) is 29.1 Å². The van der Waals surface area contributed by atoms with Crippen LogP contribution in [0.1, 0.15) is 43.9 Å². The Kier molecular flexibility index (Phi) is 5.17. The van der Waals surface area contributed by atoms with Gasteiger partial charge in [0.25, 0.3) is 0 Å². The molecule has 7 nitrogen and oxygen atoms in total. The van der Waals surface area contributed by atoms with Gasteiger partial charge in [-0.1, -0.05) is 62.4 Å². The van der Waals surface area contributed by atoms with Crippen LogP contribution in [0, 0.1) is 0 Å². The van der Waals surface area contributed by atoms with Gasteiger partial charge in [-0.3, -0.25) is 4.57 Å². The van der Waals surface area contributed by atoms with Crippen LogP contribution in [0.4, 0.5) is 0 Å². The topological polar surface area (TPSA) is 81.4 Å². The van der Waals surface area contributed by atoms with Gasteiger partial charge < -0.3 is 9.55 Å². The highest BCUT2D eigenvalue weighted by atomic mass is 16.1. The van der Waals surface area contributed by atoms with Crippen molar-refractivity contribution in [2.45, 2.75) is 32.7 Å². The van der Waals surface area contributed by atoms with E-state index in [1.54, 1.807) is 17.0 Å². The Bertz CT molecular complexity index is 1490. The third-order valence-electron chi connectivity index (χ3n) is 6.14. The molecule has 0 radical (unpaired) electrons. The van der Waals surface area contributed by atoms with Crippen molar-refractivity contribution < 1.29 is 0 Å². The third-order valence-corrected chi connectivity index (χ3v) is 6.14. The first-order valence-electron chi connectivity index (χ1n) is 11.1. The summed E-state index contributed by atoms with van der Waals surface area (Å²) in [6.45, 7) is 6.31. The van der Waals surface area contributed by atoms with Gasteiger partial charge in [0.05, 0.1) is 12.2 Å². The summed E-state index contributed by atoms with van der Waals surface area (Å²) < 4.78 is 3.68. The Hall–Kier alpha value is -4.00. The summed E-state index contributed by atoms with van der Waals surface area (Å²) in [5, 5.41) is 0. The highest BCUT2D eigenvalue weighted by Crippen LogP contribution is 2.28. The van der Waals surface area contributed by atoms with E-state index in [0.717, 1.165) is 22.5 Å². The van der Waals surface area contributed by atoms with Crippen LogP contribution >= 0.6 is 0 Å². The number of rotatable bonds is 5. The molecule has 7 heteroatoms. The highest BCUT2D eigenvalue weighted by molar-refractivity contribution is 5.74. The summed E-state index contributed by atoms with van der Waals surface area (Å²) >= 11 is 0. The first kappa shape index (κ1) is 20.9. The van der Waals surface area contributed by atoms with Gasteiger partial charge in [-0.05, 0) is 24.0 Å². The monoisotopic (exact) mass is 438 g/mol. The van der Waals surface area contributed by atoms with E-state index in [2.05, 4.69) is 34.9 Å². The largest absolute Gasteiger partial charge is 0.334 e. The van der Waals surface area contributed by atoms with Gasteiger partial charge in [-0.25, -0.2) is 19.7 Å². The molecule has 5 aromatic rings. The van der Waals surface area contributed by atoms with Crippen molar-refractivity contribution in [2.75, 3.05) is 0 Å². The molecule has 3 aromatic heterocycles. The number of hydrogen-bond donors (Lipinski definition) is 1. The van der Waals surface area contributed by atoms with Gasteiger partial charge in [0.15, 0.2) is 11.5 Å². The average molecular weight is 439 g/mol. The Morgan fingerprint density at radius 1 is 0.970 bits per heavy atom. The van der Waals surface area contributed by atoms with E-state index in [4.69, 9.17) is 4.98 Å². The van der Waals surface area contributed by atoms with Crippen molar-refractivity contribution in [1.29, 1.82) is 0 Å². The molecule has 1 atom stereocenters. The predicted molar refractivity (Wildman–Crippen MR) is 130 cm³/mol. The highest BCUT2D eigenvalue weighted by Gasteiger charge is 2.19. The first-order chi connectivity index (χ1) is 15.9. The lowest BCUT2D eigenvalue weighted by molar-refractivity contribution is 0.630. The number of fused-ring (bicyclic) bond motifs is 1. The van der Waals surface area contributed by atoms with E-state index in [1.165, 1.54) is 5.56 Å². The number of nitrogens with zero attached hydrogens (tertiary/aromatic N) is 5. The van der Waals surface area contributed by atoms with E-state index in [-0.39, 0.29) is 11.7 Å². The lowest BCUT2D eigenvalue weighted by atomic mass is 9.97. The fourth-order valence-electron chi connectivity index (χ4n) is 4.31. The lowest BCUT2D eigenvalue weighted by Crippen LogP contribution is -2.21. The molecule has 0 unspecified atom stereocenters. The van der Waals surface area contributed by atoms with Crippen LogP contribution in [-0.2, 0) is 7.05 Å². The first-order valence-corrected chi connectivity index (χ1v) is 11.1. The molecule has 2 aromatic carbocycles. The number of aromatic amines is 1. The van der Waals surface area contributed by atoms with Gasteiger partial charge in [0.1, 0.15) is 11.3 Å². The second kappa shape index (κ2) is 8.16. The number of nitrogens with one attached hydrogen (secondary N) is 1. The average Bonchev–Trinajstić information content (AvgIpc) is 3.40. The zero-order valence-corrected chi connectivity index (χ0v) is 19.1. The van der Waals surface area contributed by atoms with E-state index in [1.807, 2.05) is 67.2 Å². The number of aromatic nitrogens is 6. The summed E-state index contributed by atoms with van der Waals surface area (Å²) in [7, 11) is 1.97. The van der Waals surface area contributed by atoms with Crippen LogP contribution < -0.4 is 5.69 Å². The molecule has 0 aliphatic carbocycles. The van der Waals surface area contributed by atoms with Crippen LogP contribution in [0.2, 0.25) is 0 Å². The van der Waals surface area contributed by atoms with E-state index >= 15 is 0 Å². The van der Waals surface area contributed by atoms with E-state index < -0.39 is 0 Å². The predicted octanol–water partition coefficient (Wildman–Crippen LogP) is 4.92. The molecule has 0 saturated heterocycles. The number of hydrogen-bond acceptors (Lipinski definition) is 4. The maximum Gasteiger partial charge on any atom is 0.328 e. The molecular weight excluding hydrogens is 412 g/mol. The van der Waals surface area contributed by atoms with Crippen molar-refractivity contribution >= 4 is 11.2 Å². The zero-order chi connectivity index (χ0) is 23.1. The molecule has 0 amide bonds. The molecule has 0 aliphatic heterocycles. The molecule has 3 heterocycles. The molecule has 0 bridgehead atoms. The van der Waals surface area contributed by atoms with Crippen molar-refractivity contribution in [3.8, 4) is 22.8 Å². The van der Waals surface area contributed by atoms with Crippen LogP contribution in [0.3, 0.4) is 0 Å². The smallest absolute Gasteiger partial charge is 0.328 e. The SMILES string of the molecule is CC(C)c1ccccc1-c1ncc2[nH]c(=O)n([C@H](C)c3ccc(-c4nccn4C)cc3)c2n1. The van der Waals surface area contributed by atoms with Crippen molar-refractivity contribution in [3.05, 3.63) is 88.7 Å². The van der Waals surface area contributed by atoms with Crippen LogP contribution in [0.25, 0.3) is 33.9 Å². The third kappa shape index (κ3) is 3.65. The second-order valence-corrected chi connectivity index (χ2v) is 8.63. The molecule has 0 saturated carbocycles. The molecule has 0 fully saturated rings. The number of H-pyrrole nitrogens is 1. The Morgan fingerprint density at radius 2 is 1.73 bits per heavy atom. The fourth-order valence-corrected chi connectivity index (χ4v) is 4.31. The molecule has 0 spiro atoms. The normalized spacial score (nSPS) is 12.5. The molecule has 0 aliphatic rings. The number of imidazole rings is 2. The van der Waals surface area contributed by atoms with Gasteiger partial charge in [-0.2, -0.15) is 0 Å². The molecule has 33 heavy (non-hydrogen) atoms. The molecule has 5 rings (SSSR count). The maximum absolute atomic E-state index is 12.9. The minimum Gasteiger partial charge on any atom is -0.334 e. The van der Waals surface area contributed by atoms with Crippen molar-refractivity contribution in [1.82, 2.24) is 29.1 Å². The van der Waals surface area contributed by atoms with Crippen molar-refractivity contribution in [2.24, 2.45) is 7.05 Å². The summed E-state index contributed by atoms with van der Waals surface area (Å²) in [5.41, 5.74) is 5.24. The van der Waals surface area contributed by atoms with Crippen LogP contribution in [0.15, 0.2) is 71.9 Å². The minimum atomic E-state index is -0.204. The quantitative estimate of drug-likeness (QED) is 0.422. The Labute approximate surface area is 191 Å².